The lowest BCUT2D eigenvalue weighted by Crippen LogP contribution is -2.51. The fourth-order valence-corrected chi connectivity index (χ4v) is 4.77. The molecule has 0 unspecified atom stereocenters. The zero-order valence-electron chi connectivity index (χ0n) is 20.7. The number of hydrogen-bond acceptors (Lipinski definition) is 7. The zero-order valence-corrected chi connectivity index (χ0v) is 21.5. The van der Waals surface area contributed by atoms with E-state index in [1.165, 1.54) is 54.4 Å². The van der Waals surface area contributed by atoms with E-state index >= 15 is 0 Å². The van der Waals surface area contributed by atoms with E-state index in [4.69, 9.17) is 14.2 Å². The fourth-order valence-electron chi connectivity index (χ4n) is 3.89. The third-order valence-electron chi connectivity index (χ3n) is 5.77. The number of sulfonamides is 1. The topological polar surface area (TPSA) is 106 Å². The van der Waals surface area contributed by atoms with Crippen LogP contribution in [-0.4, -0.2) is 83.5 Å². The number of piperazine rings is 1. The van der Waals surface area contributed by atoms with Crippen molar-refractivity contribution in [1.82, 2.24) is 9.80 Å². The number of methoxy groups -OCH3 is 2. The van der Waals surface area contributed by atoms with Crippen molar-refractivity contribution in [3.05, 3.63) is 53.3 Å². The molecular weight excluding hydrogens is 493 g/mol. The molecule has 12 heteroatoms. The van der Waals surface area contributed by atoms with Gasteiger partial charge < -0.3 is 24.0 Å². The highest BCUT2D eigenvalue weighted by molar-refractivity contribution is 7.92. The normalized spacial score (nSPS) is 13.8. The molecule has 2 aromatic rings. The summed E-state index contributed by atoms with van der Waals surface area (Å²) in [4.78, 5) is 28.7. The van der Waals surface area contributed by atoms with Crippen LogP contribution >= 0.6 is 0 Å². The summed E-state index contributed by atoms with van der Waals surface area (Å²) in [7, 11) is -1.17. The number of anilines is 1. The van der Waals surface area contributed by atoms with Gasteiger partial charge in [0.05, 0.1) is 44.9 Å². The number of benzene rings is 2. The van der Waals surface area contributed by atoms with Crippen LogP contribution in [0.2, 0.25) is 0 Å². The summed E-state index contributed by atoms with van der Waals surface area (Å²) in [6.07, 6.45) is 0.529. The SMILES string of the molecule is CCOC(=O)N1CCN(C(=O)c2cc(OC)c(OC)cc2N(Cc2ccccc2F)S(C)(=O)=O)CC1. The van der Waals surface area contributed by atoms with E-state index < -0.39 is 27.8 Å². The summed E-state index contributed by atoms with van der Waals surface area (Å²) in [5.74, 6) is -0.598. The third kappa shape index (κ3) is 5.99. The summed E-state index contributed by atoms with van der Waals surface area (Å²) < 4.78 is 56.9. The van der Waals surface area contributed by atoms with Gasteiger partial charge in [0, 0.05) is 37.8 Å². The molecule has 0 N–H and O–H groups in total. The molecule has 0 aromatic heterocycles. The van der Waals surface area contributed by atoms with Crippen LogP contribution in [0.25, 0.3) is 0 Å². The smallest absolute Gasteiger partial charge is 0.409 e. The summed E-state index contributed by atoms with van der Waals surface area (Å²) in [5.41, 5.74) is 0.203. The van der Waals surface area contributed by atoms with Crippen LogP contribution < -0.4 is 13.8 Å². The number of rotatable bonds is 8. The minimum Gasteiger partial charge on any atom is -0.493 e. The van der Waals surface area contributed by atoms with Crippen LogP contribution in [0.3, 0.4) is 0 Å². The molecule has 36 heavy (non-hydrogen) atoms. The minimum absolute atomic E-state index is 0.0243. The molecule has 0 aliphatic carbocycles. The van der Waals surface area contributed by atoms with Crippen molar-refractivity contribution in [3.8, 4) is 11.5 Å². The highest BCUT2D eigenvalue weighted by atomic mass is 32.2. The van der Waals surface area contributed by atoms with Gasteiger partial charge in [-0.25, -0.2) is 17.6 Å². The van der Waals surface area contributed by atoms with E-state index in [2.05, 4.69) is 0 Å². The first-order valence-electron chi connectivity index (χ1n) is 11.3. The molecule has 1 fully saturated rings. The highest BCUT2D eigenvalue weighted by Crippen LogP contribution is 2.37. The van der Waals surface area contributed by atoms with Crippen LogP contribution in [0.4, 0.5) is 14.9 Å². The summed E-state index contributed by atoms with van der Waals surface area (Å²) in [5, 5.41) is 0. The molecular formula is C24H30FN3O7S. The van der Waals surface area contributed by atoms with Gasteiger partial charge >= 0.3 is 6.09 Å². The molecule has 0 saturated carbocycles. The van der Waals surface area contributed by atoms with Crippen molar-refractivity contribution in [2.45, 2.75) is 13.5 Å². The number of halogens is 1. The van der Waals surface area contributed by atoms with Gasteiger partial charge in [0.1, 0.15) is 5.82 Å². The molecule has 0 atom stereocenters. The summed E-state index contributed by atoms with van der Waals surface area (Å²) in [6.45, 7) is 2.59. The van der Waals surface area contributed by atoms with Crippen LogP contribution in [-0.2, 0) is 21.3 Å². The van der Waals surface area contributed by atoms with Gasteiger partial charge in [-0.1, -0.05) is 18.2 Å². The Hall–Kier alpha value is -3.54. The minimum atomic E-state index is -3.96. The molecule has 1 saturated heterocycles. The average Bonchev–Trinajstić information content (AvgIpc) is 2.86. The second-order valence-corrected chi connectivity index (χ2v) is 9.97. The van der Waals surface area contributed by atoms with Gasteiger partial charge in [-0.05, 0) is 19.1 Å². The molecule has 0 radical (unpaired) electrons. The molecule has 0 spiro atoms. The van der Waals surface area contributed by atoms with Crippen LogP contribution in [0.1, 0.15) is 22.8 Å². The van der Waals surface area contributed by atoms with E-state index in [1.807, 2.05) is 0 Å². The monoisotopic (exact) mass is 523 g/mol. The Labute approximate surface area is 210 Å². The first-order valence-corrected chi connectivity index (χ1v) is 13.1. The molecule has 10 nitrogen and oxygen atoms in total. The van der Waals surface area contributed by atoms with Gasteiger partial charge in [0.25, 0.3) is 5.91 Å². The maximum Gasteiger partial charge on any atom is 0.409 e. The Balaban J connectivity index is 2.03. The first-order chi connectivity index (χ1) is 17.1. The van der Waals surface area contributed by atoms with Crippen molar-refractivity contribution in [2.24, 2.45) is 0 Å². The summed E-state index contributed by atoms with van der Waals surface area (Å²) >= 11 is 0. The van der Waals surface area contributed by atoms with Crippen molar-refractivity contribution in [3.63, 3.8) is 0 Å². The molecule has 3 rings (SSSR count). The molecule has 2 amide bonds. The van der Waals surface area contributed by atoms with Crippen molar-refractivity contribution < 1.29 is 36.6 Å². The second kappa shape index (κ2) is 11.5. The second-order valence-electron chi connectivity index (χ2n) is 8.06. The van der Waals surface area contributed by atoms with E-state index in [1.54, 1.807) is 13.0 Å². The predicted molar refractivity (Wildman–Crippen MR) is 131 cm³/mol. The van der Waals surface area contributed by atoms with Crippen LogP contribution in [0.5, 0.6) is 11.5 Å². The maximum absolute atomic E-state index is 14.4. The van der Waals surface area contributed by atoms with Gasteiger partial charge in [0.2, 0.25) is 10.0 Å². The number of ether oxygens (including phenoxy) is 3. The average molecular weight is 524 g/mol. The quantitative estimate of drug-likeness (QED) is 0.524. The largest absolute Gasteiger partial charge is 0.493 e. The van der Waals surface area contributed by atoms with Crippen LogP contribution in [0.15, 0.2) is 36.4 Å². The number of carbonyl (C=O) groups is 2. The van der Waals surface area contributed by atoms with Gasteiger partial charge in [-0.3, -0.25) is 9.10 Å². The molecule has 0 bridgehead atoms. The zero-order chi connectivity index (χ0) is 26.5. The van der Waals surface area contributed by atoms with E-state index in [9.17, 15) is 22.4 Å². The van der Waals surface area contributed by atoms with Gasteiger partial charge in [-0.15, -0.1) is 0 Å². The van der Waals surface area contributed by atoms with Gasteiger partial charge in [-0.2, -0.15) is 0 Å². The lowest BCUT2D eigenvalue weighted by molar-refractivity contribution is 0.0570. The summed E-state index contributed by atoms with van der Waals surface area (Å²) in [6, 6.07) is 8.62. The Morgan fingerprint density at radius 2 is 1.58 bits per heavy atom. The van der Waals surface area contributed by atoms with E-state index in [0.29, 0.717) is 0 Å². The van der Waals surface area contributed by atoms with E-state index in [-0.39, 0.29) is 67.6 Å². The molecule has 196 valence electrons. The number of nitrogens with zero attached hydrogens (tertiary/aromatic N) is 3. The van der Waals surface area contributed by atoms with Crippen LogP contribution in [0, 0.1) is 5.82 Å². The standard InChI is InChI=1S/C24H30FN3O7S/c1-5-35-24(30)27-12-10-26(11-13-27)23(29)18-14-21(33-2)22(34-3)15-20(18)28(36(4,31)32)16-17-8-6-7-9-19(17)25/h6-9,14-15H,5,10-13,16H2,1-4H3. The Bertz CT molecular complexity index is 1210. The maximum atomic E-state index is 14.4. The Kier molecular flexibility index (Phi) is 8.62. The Morgan fingerprint density at radius 1 is 1.00 bits per heavy atom. The van der Waals surface area contributed by atoms with Crippen molar-refractivity contribution in [2.75, 3.05) is 57.6 Å². The lowest BCUT2D eigenvalue weighted by atomic mass is 10.1. The number of carbonyl (C=O) groups excluding carboxylic acids is 2. The first kappa shape index (κ1) is 27.1. The molecule has 1 heterocycles. The van der Waals surface area contributed by atoms with Crippen molar-refractivity contribution >= 4 is 27.7 Å². The molecule has 2 aromatic carbocycles. The molecule has 1 aliphatic rings. The van der Waals surface area contributed by atoms with E-state index in [0.717, 1.165) is 10.6 Å². The number of hydrogen-bond donors (Lipinski definition) is 0. The molecule has 1 aliphatic heterocycles. The lowest BCUT2D eigenvalue weighted by Gasteiger charge is -2.35. The highest BCUT2D eigenvalue weighted by Gasteiger charge is 2.31. The third-order valence-corrected chi connectivity index (χ3v) is 6.89. The van der Waals surface area contributed by atoms with Crippen molar-refractivity contribution in [1.29, 1.82) is 0 Å². The van der Waals surface area contributed by atoms with Gasteiger partial charge in [0.15, 0.2) is 11.5 Å². The number of amides is 2. The fraction of sp³-hybridized carbons (Fsp3) is 0.417. The predicted octanol–water partition coefficient (Wildman–Crippen LogP) is 2.72. The Morgan fingerprint density at radius 3 is 2.14 bits per heavy atom.